The molecule has 3 N–H and O–H groups in total. The zero-order valence-corrected chi connectivity index (χ0v) is 77.0. The predicted octanol–water partition coefficient (Wildman–Crippen LogP) is 3.61. The van der Waals surface area contributed by atoms with E-state index in [4.69, 9.17) is 133 Å². The molecule has 3 aromatic heterocycles. The van der Waals surface area contributed by atoms with Crippen molar-refractivity contribution in [1.82, 2.24) is 60.9 Å². The lowest BCUT2D eigenvalue weighted by molar-refractivity contribution is -0.214. The van der Waals surface area contributed by atoms with Gasteiger partial charge in [0.2, 0.25) is 11.8 Å². The molecule has 4 aromatic rings. The number of aromatic nitrogens is 9. The average molecular weight is 1850 g/mol. The van der Waals surface area contributed by atoms with E-state index in [1.165, 1.54) is 12.5 Å². The molecule has 0 radical (unpaired) electrons. The molecule has 6 bridgehead atoms. The number of hydrogen-bond acceptors (Lipinski definition) is 37. The molecule has 42 nitrogen and oxygen atoms in total. The quantitative estimate of drug-likeness (QED) is 0.0531. The van der Waals surface area contributed by atoms with Gasteiger partial charge in [0.1, 0.15) is 69.9 Å². The molecule has 13 unspecified atom stereocenters. The van der Waals surface area contributed by atoms with Gasteiger partial charge in [0, 0.05) is 32.8 Å². The minimum Gasteiger partial charge on any atom is -0.377 e. The molecule has 42 heteroatoms. The Labute approximate surface area is 761 Å². The predicted molar refractivity (Wildman–Crippen MR) is 455 cm³/mol. The smallest absolute Gasteiger partial charge is 0.220 e. The Kier molecular flexibility index (Phi) is 40.8. The number of nitrogens with one attached hydrogen (secondary N) is 3. The van der Waals surface area contributed by atoms with Crippen LogP contribution in [0, 0.1) is 0 Å². The summed E-state index contributed by atoms with van der Waals surface area (Å²) in [7, 11) is 0. The summed E-state index contributed by atoms with van der Waals surface area (Å²) in [4.78, 5) is 26.3. The monoisotopic (exact) mass is 1850 g/mol. The van der Waals surface area contributed by atoms with Gasteiger partial charge in [0.25, 0.3) is 0 Å². The largest absolute Gasteiger partial charge is 0.377 e. The molecule has 1 aromatic carbocycles. The third-order valence-corrected chi connectivity index (χ3v) is 23.1. The highest BCUT2D eigenvalue weighted by molar-refractivity contribution is 5.77. The lowest BCUT2D eigenvalue weighted by Gasteiger charge is -2.42. The SMILES string of the molecule is CC(=O)NC1C2OCC(COCCOCCOCCOCCn3cc(COCC(COCc4cn(CCOCCOCCOCCOCC56COC(CC7OC(C)(C)OC75)O6)nn4)(COCc4cn(CCOCCOCCOCCOCC56COC(CC7OC(C)(C)OC75)O6)nn4)NC(=O)CCCCCNCCCCCCOCc4ccccc4)nn3)(O2)C2OC(C)(C)OC12. The molecule has 13 rings (SSSR count). The number of benzene rings is 1. The summed E-state index contributed by atoms with van der Waals surface area (Å²) >= 11 is 0. The zero-order chi connectivity index (χ0) is 90.6. The van der Waals surface area contributed by atoms with Gasteiger partial charge in [0.15, 0.2) is 36.2 Å². The maximum atomic E-state index is 14.3. The highest BCUT2D eigenvalue weighted by atomic mass is 16.8. The summed E-state index contributed by atoms with van der Waals surface area (Å²) in [5.74, 6) is -2.63. The minimum atomic E-state index is -1.22. The van der Waals surface area contributed by atoms with Crippen molar-refractivity contribution < 1.29 is 142 Å². The maximum absolute atomic E-state index is 14.3. The molecule has 130 heavy (non-hydrogen) atoms. The molecule has 9 fully saturated rings. The van der Waals surface area contributed by atoms with Crippen molar-refractivity contribution in [2.45, 2.75) is 260 Å². The van der Waals surface area contributed by atoms with Crippen LogP contribution in [0.1, 0.15) is 135 Å². The maximum Gasteiger partial charge on any atom is 0.220 e. The van der Waals surface area contributed by atoms with Gasteiger partial charge in [-0.05, 0) is 85.9 Å². The van der Waals surface area contributed by atoms with Gasteiger partial charge in [-0.2, -0.15) is 0 Å². The second-order valence-electron chi connectivity index (χ2n) is 35.5. The van der Waals surface area contributed by atoms with Gasteiger partial charge in [-0.15, -0.1) is 15.3 Å². The van der Waals surface area contributed by atoms with Crippen molar-refractivity contribution in [3.8, 4) is 0 Å². The van der Waals surface area contributed by atoms with Crippen LogP contribution < -0.4 is 16.0 Å². The molecule has 9 aliphatic heterocycles. The van der Waals surface area contributed by atoms with Crippen molar-refractivity contribution in [2.24, 2.45) is 0 Å². The first kappa shape index (κ1) is 102. The Morgan fingerprint density at radius 2 is 0.800 bits per heavy atom. The Morgan fingerprint density at radius 3 is 1.25 bits per heavy atom. The van der Waals surface area contributed by atoms with Crippen molar-refractivity contribution in [3.05, 3.63) is 71.6 Å². The van der Waals surface area contributed by atoms with Gasteiger partial charge in [0.05, 0.1) is 275 Å². The number of unbranched alkanes of at least 4 members (excludes halogenated alkanes) is 5. The van der Waals surface area contributed by atoms with E-state index in [0.717, 1.165) is 58.2 Å². The highest BCUT2D eigenvalue weighted by Crippen LogP contribution is 2.49. The summed E-state index contributed by atoms with van der Waals surface area (Å²) in [5, 5.41) is 36.0. The van der Waals surface area contributed by atoms with Crippen LogP contribution in [0.3, 0.4) is 0 Å². The first-order chi connectivity index (χ1) is 63.2. The number of ether oxygens (including phenoxy) is 28. The van der Waals surface area contributed by atoms with Gasteiger partial charge in [-0.3, -0.25) is 9.59 Å². The highest BCUT2D eigenvalue weighted by Gasteiger charge is 2.67. The summed E-state index contributed by atoms with van der Waals surface area (Å²) in [6.45, 7) is 27.0. The molecule has 12 heterocycles. The van der Waals surface area contributed by atoms with Gasteiger partial charge in [-0.25, -0.2) is 14.0 Å². The molecule has 0 saturated carbocycles. The fourth-order valence-corrected chi connectivity index (χ4v) is 17.0. The van der Waals surface area contributed by atoms with E-state index in [0.29, 0.717) is 228 Å². The third kappa shape index (κ3) is 32.3. The number of carbonyl (C=O) groups is 2. The van der Waals surface area contributed by atoms with E-state index < -0.39 is 64.2 Å². The van der Waals surface area contributed by atoms with Crippen LogP contribution in [0.2, 0.25) is 0 Å². The first-order valence-electron chi connectivity index (χ1n) is 46.4. The minimum absolute atomic E-state index is 0.0350. The zero-order valence-electron chi connectivity index (χ0n) is 77.0. The molecule has 0 spiro atoms. The van der Waals surface area contributed by atoms with E-state index in [9.17, 15) is 9.59 Å². The van der Waals surface area contributed by atoms with Gasteiger partial charge >= 0.3 is 0 Å². The number of hydrogen-bond donors (Lipinski definition) is 3. The first-order valence-corrected chi connectivity index (χ1v) is 46.4. The second-order valence-corrected chi connectivity index (χ2v) is 35.5. The number of nitrogens with zero attached hydrogens (tertiary/aromatic N) is 9. The molecule has 734 valence electrons. The normalized spacial score (nSPS) is 27.0. The van der Waals surface area contributed by atoms with Crippen LogP contribution in [0.4, 0.5) is 0 Å². The molecular weight excluding hydrogens is 1710 g/mol. The van der Waals surface area contributed by atoms with Crippen LogP contribution in [-0.2, 0) is 188 Å². The Hall–Kier alpha value is -5.58. The number of carbonyl (C=O) groups excluding carboxylic acids is 2. The number of rotatable bonds is 71. The van der Waals surface area contributed by atoms with E-state index in [-0.39, 0.29) is 108 Å². The van der Waals surface area contributed by atoms with E-state index >= 15 is 0 Å². The molecule has 9 saturated heterocycles. The number of fused-ring (bicyclic) bond motifs is 12. The Bertz CT molecular complexity index is 3740. The molecule has 0 aliphatic carbocycles. The van der Waals surface area contributed by atoms with Crippen LogP contribution >= 0.6 is 0 Å². The van der Waals surface area contributed by atoms with Crippen molar-refractivity contribution in [3.63, 3.8) is 0 Å². The topological polar surface area (TPSA) is 421 Å². The van der Waals surface area contributed by atoms with Crippen molar-refractivity contribution in [1.29, 1.82) is 0 Å². The average Bonchev–Trinajstić information content (AvgIpc) is 1.60. The van der Waals surface area contributed by atoms with Crippen molar-refractivity contribution in [2.75, 3.05) is 218 Å². The molecule has 2 amide bonds. The summed E-state index contributed by atoms with van der Waals surface area (Å²) in [6.07, 6.45) is 10.7. The van der Waals surface area contributed by atoms with Gasteiger partial charge < -0.3 is 149 Å². The third-order valence-electron chi connectivity index (χ3n) is 23.1. The van der Waals surface area contributed by atoms with E-state index in [1.807, 2.05) is 59.7 Å². The summed E-state index contributed by atoms with van der Waals surface area (Å²) in [6, 6.07) is 9.73. The van der Waals surface area contributed by atoms with Crippen molar-refractivity contribution >= 4 is 11.8 Å². The number of amides is 2. The van der Waals surface area contributed by atoms with E-state index in [2.05, 4.69) is 59.0 Å². The van der Waals surface area contributed by atoms with Crippen LogP contribution in [0.25, 0.3) is 0 Å². The lowest BCUT2D eigenvalue weighted by atomic mass is 9.88. The van der Waals surface area contributed by atoms with Gasteiger partial charge in [-0.1, -0.05) is 65.2 Å². The van der Waals surface area contributed by atoms with E-state index in [1.54, 1.807) is 32.6 Å². The van der Waals surface area contributed by atoms with Crippen LogP contribution in [-0.4, -0.2) is 376 Å². The second kappa shape index (κ2) is 52.1. The Morgan fingerprint density at radius 1 is 0.408 bits per heavy atom. The fourth-order valence-electron chi connectivity index (χ4n) is 17.0. The molecule has 9 aliphatic rings. The van der Waals surface area contributed by atoms with Crippen LogP contribution in [0.5, 0.6) is 0 Å². The summed E-state index contributed by atoms with van der Waals surface area (Å²) in [5.41, 5.74) is -0.644. The lowest BCUT2D eigenvalue weighted by Crippen LogP contribution is -2.65. The fraction of sp³-hybridized carbons (Fsp3) is 0.841. The standard InChI is InChI=1S/C88H142N12O30/c1-66(101)90-76-77-80(129-84(6,7)126-77)88(65-121-81(76)130-88)62-115-47-44-111-41-38-108-35-32-105-29-25-100-52-70(94-97-100)56-118-59-85(91-73(102)20-14-11-16-22-89-21-15-8-9-17-26-112-53-67-18-12-10-13-19-67,57-116-54-68-50-98(95-92-68)23-27-103-30-33-106-36-39-109-42-45-113-60-86-63-119-74(124-86)48-71-78(86)127-82(2,3)122-71)58-117-55-69-51-99(96-93-69)24-28-104-31-34-107-37-40-110-43-46-114-61-87-64-120-75(125-87)49-72-79(87)128-83(4,5)123-72/h10,12-13,18-19,50-52,71-72,74-81,89H,8-9,11,14-17,20-49,53-65H2,1-7H3,(H,90,101)(H,91,102). The Balaban J connectivity index is 0.531. The molecule has 13 atom stereocenters. The molecular formula is C88H142N12O30. The summed E-state index contributed by atoms with van der Waals surface area (Å²) < 4.78 is 174. The van der Waals surface area contributed by atoms with Crippen LogP contribution in [0.15, 0.2) is 48.9 Å².